The van der Waals surface area contributed by atoms with Gasteiger partial charge in [0.25, 0.3) is 0 Å². The smallest absolute Gasteiger partial charge is 0.191 e. The van der Waals surface area contributed by atoms with Gasteiger partial charge in [-0.15, -0.1) is 0 Å². The predicted octanol–water partition coefficient (Wildman–Crippen LogP) is 1.79. The number of rotatable bonds is 2. The van der Waals surface area contributed by atoms with E-state index in [9.17, 15) is 0 Å². The molecule has 0 radical (unpaired) electrons. The summed E-state index contributed by atoms with van der Waals surface area (Å²) in [4.78, 5) is 6.91. The molecule has 0 aromatic heterocycles. The van der Waals surface area contributed by atoms with Crippen molar-refractivity contribution < 1.29 is 0 Å². The fourth-order valence-corrected chi connectivity index (χ4v) is 4.61. The Morgan fingerprint density at radius 1 is 1.24 bits per heavy atom. The van der Waals surface area contributed by atoms with E-state index in [0.29, 0.717) is 0 Å². The maximum absolute atomic E-state index is 6.09. The van der Waals surface area contributed by atoms with Crippen molar-refractivity contribution >= 4 is 17.7 Å². The van der Waals surface area contributed by atoms with Gasteiger partial charge in [-0.25, -0.2) is 0 Å². The molecule has 0 spiro atoms. The van der Waals surface area contributed by atoms with E-state index < -0.39 is 0 Å². The van der Waals surface area contributed by atoms with Crippen LogP contribution in [0.5, 0.6) is 0 Å². The van der Waals surface area contributed by atoms with Crippen molar-refractivity contribution in [3.05, 3.63) is 0 Å². The van der Waals surface area contributed by atoms with E-state index in [2.05, 4.69) is 9.89 Å². The molecule has 2 aliphatic carbocycles. The highest BCUT2D eigenvalue weighted by molar-refractivity contribution is 7.99. The van der Waals surface area contributed by atoms with Crippen molar-refractivity contribution in [3.8, 4) is 0 Å². The molecule has 2 N–H and O–H groups in total. The topological polar surface area (TPSA) is 41.6 Å². The molecule has 4 heteroatoms. The first-order chi connectivity index (χ1) is 8.33. The van der Waals surface area contributed by atoms with Crippen LogP contribution in [0.2, 0.25) is 0 Å². The third-order valence-corrected chi connectivity index (χ3v) is 5.65. The Bertz CT molecular complexity index is 299. The van der Waals surface area contributed by atoms with Crippen LogP contribution in [0.1, 0.15) is 25.7 Å². The molecule has 1 saturated heterocycles. The fraction of sp³-hybridized carbons (Fsp3) is 0.923. The van der Waals surface area contributed by atoms with Crippen LogP contribution in [0.25, 0.3) is 0 Å². The van der Waals surface area contributed by atoms with Gasteiger partial charge >= 0.3 is 0 Å². The summed E-state index contributed by atoms with van der Waals surface area (Å²) < 4.78 is 0. The monoisotopic (exact) mass is 253 g/mol. The summed E-state index contributed by atoms with van der Waals surface area (Å²) >= 11 is 2.02. The van der Waals surface area contributed by atoms with Crippen molar-refractivity contribution in [2.75, 3.05) is 31.1 Å². The van der Waals surface area contributed by atoms with E-state index in [-0.39, 0.29) is 0 Å². The van der Waals surface area contributed by atoms with Gasteiger partial charge in [0.1, 0.15) is 0 Å². The molecule has 3 rings (SSSR count). The van der Waals surface area contributed by atoms with Gasteiger partial charge in [0.2, 0.25) is 0 Å². The quantitative estimate of drug-likeness (QED) is 0.602. The summed E-state index contributed by atoms with van der Waals surface area (Å²) in [6, 6.07) is 0. The Labute approximate surface area is 108 Å². The Kier molecular flexibility index (Phi) is 3.50. The van der Waals surface area contributed by atoms with E-state index in [1.165, 1.54) is 37.2 Å². The molecule has 3 nitrogen and oxygen atoms in total. The van der Waals surface area contributed by atoms with E-state index in [1.807, 2.05) is 11.8 Å². The van der Waals surface area contributed by atoms with Gasteiger partial charge in [0.15, 0.2) is 5.96 Å². The lowest BCUT2D eigenvalue weighted by Crippen LogP contribution is -2.43. The number of guanidine groups is 1. The van der Waals surface area contributed by atoms with Crippen LogP contribution in [0.3, 0.4) is 0 Å². The summed E-state index contributed by atoms with van der Waals surface area (Å²) in [6.45, 7) is 3.14. The molecule has 1 aliphatic heterocycles. The van der Waals surface area contributed by atoms with E-state index >= 15 is 0 Å². The second kappa shape index (κ2) is 5.09. The van der Waals surface area contributed by atoms with Crippen LogP contribution in [-0.2, 0) is 0 Å². The number of hydrogen-bond acceptors (Lipinski definition) is 2. The number of thioether (sulfide) groups is 1. The number of fused-ring (bicyclic) bond motifs is 2. The van der Waals surface area contributed by atoms with E-state index in [4.69, 9.17) is 5.73 Å². The lowest BCUT2D eigenvalue weighted by atomic mass is 9.89. The van der Waals surface area contributed by atoms with Gasteiger partial charge in [-0.05, 0) is 37.0 Å². The zero-order valence-electron chi connectivity index (χ0n) is 10.5. The van der Waals surface area contributed by atoms with Gasteiger partial charge in [-0.2, -0.15) is 11.8 Å². The van der Waals surface area contributed by atoms with Gasteiger partial charge in [-0.3, -0.25) is 4.99 Å². The molecule has 3 atom stereocenters. The molecule has 3 aliphatic rings. The first kappa shape index (κ1) is 11.7. The molecule has 17 heavy (non-hydrogen) atoms. The van der Waals surface area contributed by atoms with Gasteiger partial charge < -0.3 is 10.6 Å². The van der Waals surface area contributed by atoms with Crippen molar-refractivity contribution in [1.82, 2.24) is 4.90 Å². The lowest BCUT2D eigenvalue weighted by Gasteiger charge is -2.28. The fourth-order valence-electron chi connectivity index (χ4n) is 3.70. The predicted molar refractivity (Wildman–Crippen MR) is 74.3 cm³/mol. The average molecular weight is 253 g/mol. The average Bonchev–Trinajstić information content (AvgIpc) is 2.99. The van der Waals surface area contributed by atoms with Crippen molar-refractivity contribution in [3.63, 3.8) is 0 Å². The highest BCUT2D eigenvalue weighted by Crippen LogP contribution is 2.48. The molecule has 3 fully saturated rings. The minimum Gasteiger partial charge on any atom is -0.370 e. The summed E-state index contributed by atoms with van der Waals surface area (Å²) in [5, 5.41) is 0. The van der Waals surface area contributed by atoms with Crippen LogP contribution >= 0.6 is 11.8 Å². The first-order valence-corrected chi connectivity index (χ1v) is 8.11. The third kappa shape index (κ3) is 2.56. The first-order valence-electron chi connectivity index (χ1n) is 6.95. The number of nitrogens with two attached hydrogens (primary N) is 1. The van der Waals surface area contributed by atoms with Gasteiger partial charge in [0.05, 0.1) is 0 Å². The number of hydrogen-bond donors (Lipinski definition) is 1. The zero-order chi connectivity index (χ0) is 11.7. The molecular formula is C13H23N3S. The molecule has 1 heterocycles. The largest absolute Gasteiger partial charge is 0.370 e. The van der Waals surface area contributed by atoms with Crippen molar-refractivity contribution in [2.45, 2.75) is 25.7 Å². The second-order valence-corrected chi connectivity index (χ2v) is 6.96. The molecule has 2 bridgehead atoms. The molecule has 3 unspecified atom stereocenters. The van der Waals surface area contributed by atoms with Gasteiger partial charge in [-0.1, -0.05) is 6.42 Å². The Morgan fingerprint density at radius 2 is 2.06 bits per heavy atom. The summed E-state index contributed by atoms with van der Waals surface area (Å²) in [5.74, 6) is 6.02. The molecular weight excluding hydrogens is 230 g/mol. The Hall–Kier alpha value is -0.380. The lowest BCUT2D eigenvalue weighted by molar-refractivity contribution is 0.339. The van der Waals surface area contributed by atoms with Crippen LogP contribution in [0.4, 0.5) is 0 Å². The van der Waals surface area contributed by atoms with Crippen LogP contribution in [-0.4, -0.2) is 42.0 Å². The molecule has 2 saturated carbocycles. The second-order valence-electron chi connectivity index (χ2n) is 5.73. The Balaban J connectivity index is 1.51. The van der Waals surface area contributed by atoms with Gasteiger partial charge in [0, 0.05) is 31.1 Å². The number of aliphatic imine (C=N–C) groups is 1. The maximum atomic E-state index is 6.09. The minimum absolute atomic E-state index is 0.799. The van der Waals surface area contributed by atoms with Crippen LogP contribution in [0.15, 0.2) is 4.99 Å². The van der Waals surface area contributed by atoms with E-state index in [0.717, 1.165) is 43.3 Å². The summed E-state index contributed by atoms with van der Waals surface area (Å²) in [7, 11) is 0. The van der Waals surface area contributed by atoms with Crippen molar-refractivity contribution in [1.29, 1.82) is 0 Å². The molecule has 0 aromatic carbocycles. The van der Waals surface area contributed by atoms with Crippen LogP contribution < -0.4 is 5.73 Å². The highest BCUT2D eigenvalue weighted by Gasteiger charge is 2.39. The SMILES string of the molecule is NC(=NCC1CC2CCC1C2)N1CCSCC1. The summed E-state index contributed by atoms with van der Waals surface area (Å²) in [6.07, 6.45) is 5.81. The zero-order valence-corrected chi connectivity index (χ0v) is 11.3. The molecule has 96 valence electrons. The highest BCUT2D eigenvalue weighted by atomic mass is 32.2. The number of nitrogens with zero attached hydrogens (tertiary/aromatic N) is 2. The summed E-state index contributed by atoms with van der Waals surface area (Å²) in [5.41, 5.74) is 6.09. The molecule has 0 amide bonds. The Morgan fingerprint density at radius 3 is 2.71 bits per heavy atom. The molecule has 0 aromatic rings. The van der Waals surface area contributed by atoms with Crippen LogP contribution in [0, 0.1) is 17.8 Å². The van der Waals surface area contributed by atoms with E-state index in [1.54, 1.807) is 0 Å². The minimum atomic E-state index is 0.799. The normalized spacial score (nSPS) is 37.8. The standard InChI is InChI=1S/C13H23N3S/c14-13(16-3-5-17-6-4-16)15-9-12-8-10-1-2-11(12)7-10/h10-12H,1-9H2,(H2,14,15). The van der Waals surface area contributed by atoms with Crippen molar-refractivity contribution in [2.24, 2.45) is 28.5 Å². The maximum Gasteiger partial charge on any atom is 0.191 e. The third-order valence-electron chi connectivity index (χ3n) is 4.71.